The van der Waals surface area contributed by atoms with Crippen molar-refractivity contribution in [2.75, 3.05) is 10.6 Å². The molecule has 4 aromatic rings. The highest BCUT2D eigenvalue weighted by Gasteiger charge is 2.34. The first-order valence-corrected chi connectivity index (χ1v) is 10.4. The first-order chi connectivity index (χ1) is 15.6. The molecule has 0 saturated carbocycles. The summed E-state index contributed by atoms with van der Waals surface area (Å²) in [6, 6.07) is 20.0. The number of carbonyl (C=O) groups excluding carboxylic acids is 1. The van der Waals surface area contributed by atoms with E-state index in [1.54, 1.807) is 23.1 Å². The van der Waals surface area contributed by atoms with Crippen molar-refractivity contribution in [2.45, 2.75) is 13.0 Å². The van der Waals surface area contributed by atoms with E-state index in [4.69, 9.17) is 16.7 Å². The van der Waals surface area contributed by atoms with Gasteiger partial charge in [-0.15, -0.1) is 5.10 Å². The number of nitrogens with one attached hydrogen (secondary N) is 2. The van der Waals surface area contributed by atoms with E-state index in [1.165, 1.54) is 0 Å². The highest BCUT2D eigenvalue weighted by atomic mass is 35.5. The van der Waals surface area contributed by atoms with Crippen molar-refractivity contribution in [2.24, 2.45) is 0 Å². The van der Waals surface area contributed by atoms with Crippen molar-refractivity contribution < 1.29 is 4.79 Å². The Morgan fingerprint density at radius 2 is 1.75 bits per heavy atom. The lowest BCUT2D eigenvalue weighted by Crippen LogP contribution is -2.31. The van der Waals surface area contributed by atoms with E-state index >= 15 is 0 Å². The smallest absolute Gasteiger partial charge is 0.255 e. The summed E-state index contributed by atoms with van der Waals surface area (Å²) in [4.78, 5) is 22.2. The Morgan fingerprint density at radius 3 is 2.50 bits per heavy atom. The highest BCUT2D eigenvalue weighted by Crippen LogP contribution is 2.37. The van der Waals surface area contributed by atoms with Crippen LogP contribution in [0.2, 0.25) is 5.02 Å². The van der Waals surface area contributed by atoms with Crippen LogP contribution < -0.4 is 10.6 Å². The van der Waals surface area contributed by atoms with Gasteiger partial charge in [-0.1, -0.05) is 41.9 Å². The quantitative estimate of drug-likeness (QED) is 0.468. The molecule has 0 spiro atoms. The van der Waals surface area contributed by atoms with Gasteiger partial charge < -0.3 is 10.6 Å². The van der Waals surface area contributed by atoms with E-state index in [1.807, 2.05) is 67.6 Å². The molecule has 2 N–H and O–H groups in total. The third-order valence-corrected chi connectivity index (χ3v) is 5.60. The molecule has 0 bridgehead atoms. The molecule has 1 aliphatic heterocycles. The Bertz CT molecular complexity index is 1320. The number of hydrogen-bond acceptors (Lipinski definition) is 5. The first kappa shape index (κ1) is 20.0. The Kier molecular flexibility index (Phi) is 5.17. The van der Waals surface area contributed by atoms with Gasteiger partial charge in [0.15, 0.2) is 5.82 Å². The third-order valence-electron chi connectivity index (χ3n) is 5.27. The minimum absolute atomic E-state index is 0.219. The number of pyridine rings is 1. The molecule has 3 heterocycles. The number of fused-ring (bicyclic) bond motifs is 1. The lowest BCUT2D eigenvalue weighted by molar-refractivity contribution is -0.113. The molecule has 8 heteroatoms. The topological polar surface area (TPSA) is 84.7 Å². The van der Waals surface area contributed by atoms with E-state index < -0.39 is 6.04 Å². The zero-order valence-electron chi connectivity index (χ0n) is 17.2. The average molecular weight is 443 g/mol. The number of benzene rings is 2. The molecule has 0 saturated heterocycles. The van der Waals surface area contributed by atoms with Crippen LogP contribution in [0.4, 0.5) is 11.6 Å². The van der Waals surface area contributed by atoms with Crippen LogP contribution in [0.25, 0.3) is 11.4 Å². The Balaban J connectivity index is 1.61. The van der Waals surface area contributed by atoms with Crippen molar-refractivity contribution >= 4 is 29.1 Å². The molecule has 32 heavy (non-hydrogen) atoms. The fraction of sp³-hybridized carbons (Fsp3) is 0.0833. The van der Waals surface area contributed by atoms with E-state index in [-0.39, 0.29) is 5.91 Å². The molecule has 5 rings (SSSR count). The second-order valence-corrected chi connectivity index (χ2v) is 7.76. The molecule has 7 nitrogen and oxygen atoms in total. The van der Waals surface area contributed by atoms with Crippen molar-refractivity contribution in [3.63, 3.8) is 0 Å². The molecule has 1 aliphatic rings. The van der Waals surface area contributed by atoms with Gasteiger partial charge in [-0.2, -0.15) is 4.98 Å². The molecule has 0 fully saturated rings. The van der Waals surface area contributed by atoms with Crippen molar-refractivity contribution in [1.29, 1.82) is 0 Å². The summed E-state index contributed by atoms with van der Waals surface area (Å²) >= 11 is 6.38. The second-order valence-electron chi connectivity index (χ2n) is 7.35. The molecule has 2 aromatic heterocycles. The number of hydrogen-bond donors (Lipinski definition) is 2. The van der Waals surface area contributed by atoms with Crippen LogP contribution in [0, 0.1) is 0 Å². The molecule has 1 amide bonds. The van der Waals surface area contributed by atoms with Gasteiger partial charge in [0.1, 0.15) is 6.04 Å². The Labute approximate surface area is 189 Å². The third kappa shape index (κ3) is 3.63. The first-order valence-electron chi connectivity index (χ1n) is 10.1. The van der Waals surface area contributed by atoms with Crippen LogP contribution in [-0.4, -0.2) is 25.7 Å². The van der Waals surface area contributed by atoms with E-state index in [0.717, 1.165) is 11.1 Å². The van der Waals surface area contributed by atoms with Crippen molar-refractivity contribution in [3.8, 4) is 11.4 Å². The largest absolute Gasteiger partial charge is 0.328 e. The molecule has 2 aromatic carbocycles. The van der Waals surface area contributed by atoms with Gasteiger partial charge >= 0.3 is 0 Å². The molecule has 0 radical (unpaired) electrons. The van der Waals surface area contributed by atoms with Crippen LogP contribution in [-0.2, 0) is 4.79 Å². The number of carbonyl (C=O) groups is 1. The van der Waals surface area contributed by atoms with Crippen molar-refractivity contribution in [3.05, 3.63) is 101 Å². The lowest BCUT2D eigenvalue weighted by Gasteiger charge is -2.28. The van der Waals surface area contributed by atoms with Crippen LogP contribution in [0.15, 0.2) is 90.4 Å². The van der Waals surface area contributed by atoms with Crippen LogP contribution in [0.1, 0.15) is 18.5 Å². The zero-order valence-corrected chi connectivity index (χ0v) is 17.9. The van der Waals surface area contributed by atoms with Gasteiger partial charge in [-0.3, -0.25) is 9.78 Å². The Hall–Kier alpha value is -3.97. The molecule has 0 aliphatic carbocycles. The normalized spacial score (nSPS) is 15.1. The summed E-state index contributed by atoms with van der Waals surface area (Å²) in [6.45, 7) is 1.86. The van der Waals surface area contributed by atoms with Crippen LogP contribution in [0.3, 0.4) is 0 Å². The number of nitrogens with zero attached hydrogens (tertiary/aromatic N) is 4. The van der Waals surface area contributed by atoms with Gasteiger partial charge in [0.2, 0.25) is 5.95 Å². The van der Waals surface area contributed by atoms with Crippen molar-refractivity contribution in [1.82, 2.24) is 19.7 Å². The molecular formula is C24H19ClN6O. The summed E-state index contributed by atoms with van der Waals surface area (Å²) in [5.74, 6) is 0.800. The summed E-state index contributed by atoms with van der Waals surface area (Å²) in [5.41, 5.74) is 3.55. The predicted molar refractivity (Wildman–Crippen MR) is 124 cm³/mol. The minimum Gasteiger partial charge on any atom is -0.328 e. The monoisotopic (exact) mass is 442 g/mol. The van der Waals surface area contributed by atoms with E-state index in [2.05, 4.69) is 20.6 Å². The number of amides is 1. The summed E-state index contributed by atoms with van der Waals surface area (Å²) in [6.07, 6.45) is 3.40. The summed E-state index contributed by atoms with van der Waals surface area (Å²) in [7, 11) is 0. The molecule has 1 atom stereocenters. The van der Waals surface area contributed by atoms with E-state index in [0.29, 0.717) is 33.8 Å². The number of aromatic nitrogens is 4. The molecular weight excluding hydrogens is 424 g/mol. The fourth-order valence-electron chi connectivity index (χ4n) is 3.78. The Morgan fingerprint density at radius 1 is 1.03 bits per heavy atom. The van der Waals surface area contributed by atoms with Gasteiger partial charge in [0.05, 0.1) is 10.6 Å². The number of allylic oxidation sites excluding steroid dienone is 1. The molecule has 1 unspecified atom stereocenters. The lowest BCUT2D eigenvalue weighted by atomic mass is 9.96. The predicted octanol–water partition coefficient (Wildman–Crippen LogP) is 4.92. The SMILES string of the molecule is CC1=C(C(=O)Nc2ccccc2)C(c2ccncc2)n2nc(-c3ccccc3Cl)nc2N1. The molecule has 158 valence electrons. The zero-order chi connectivity index (χ0) is 22.1. The number of para-hydroxylation sites is 1. The number of halogens is 1. The van der Waals surface area contributed by atoms with Crippen LogP contribution >= 0.6 is 11.6 Å². The van der Waals surface area contributed by atoms with Gasteiger partial charge in [-0.25, -0.2) is 4.68 Å². The number of rotatable bonds is 4. The minimum atomic E-state index is -0.485. The maximum Gasteiger partial charge on any atom is 0.255 e. The van der Waals surface area contributed by atoms with Crippen LogP contribution in [0.5, 0.6) is 0 Å². The summed E-state index contributed by atoms with van der Waals surface area (Å²) in [5, 5.41) is 11.5. The summed E-state index contributed by atoms with van der Waals surface area (Å²) < 4.78 is 1.72. The maximum absolute atomic E-state index is 13.4. The van der Waals surface area contributed by atoms with Gasteiger partial charge in [0.25, 0.3) is 5.91 Å². The average Bonchev–Trinajstić information content (AvgIpc) is 3.23. The van der Waals surface area contributed by atoms with E-state index in [9.17, 15) is 4.79 Å². The fourth-order valence-corrected chi connectivity index (χ4v) is 4.00. The maximum atomic E-state index is 13.4. The van der Waals surface area contributed by atoms with Gasteiger partial charge in [0, 0.05) is 29.3 Å². The standard InChI is InChI=1S/C24H19ClN6O/c1-15-20(23(32)28-17-7-3-2-4-8-17)21(16-11-13-26-14-12-16)31-24(27-15)29-22(30-31)18-9-5-6-10-19(18)25/h2-14,21H,1H3,(H,28,32)(H,27,29,30). The second kappa shape index (κ2) is 8.28. The number of anilines is 2. The highest BCUT2D eigenvalue weighted by molar-refractivity contribution is 6.33. The van der Waals surface area contributed by atoms with Gasteiger partial charge in [-0.05, 0) is 48.9 Å².